The molecule has 4 atom stereocenters. The summed E-state index contributed by atoms with van der Waals surface area (Å²) in [6.45, 7) is 1.47. The third-order valence-electron chi connectivity index (χ3n) is 8.60. The first-order chi connectivity index (χ1) is 20.3. The number of aromatic nitrogens is 3. The summed E-state index contributed by atoms with van der Waals surface area (Å²) in [7, 11) is 1.46. The molecule has 1 saturated carbocycles. The molecule has 42 heavy (non-hydrogen) atoms. The quantitative estimate of drug-likeness (QED) is 0.280. The summed E-state index contributed by atoms with van der Waals surface area (Å²) >= 11 is 0. The predicted molar refractivity (Wildman–Crippen MR) is 153 cm³/mol. The second-order valence-electron chi connectivity index (χ2n) is 11.3. The minimum Gasteiger partial charge on any atom is -0.508 e. The maximum Gasteiger partial charge on any atom is 0.319 e. The van der Waals surface area contributed by atoms with Crippen molar-refractivity contribution in [2.75, 3.05) is 32.1 Å². The minimum absolute atomic E-state index is 0.0447. The number of anilines is 1. The molecule has 11 heteroatoms. The van der Waals surface area contributed by atoms with E-state index in [-0.39, 0.29) is 35.9 Å². The summed E-state index contributed by atoms with van der Waals surface area (Å²) in [5, 5.41) is 25.2. The summed E-state index contributed by atoms with van der Waals surface area (Å²) in [5.74, 6) is 2.36. The maximum atomic E-state index is 14.8. The predicted octanol–water partition coefficient (Wildman–Crippen LogP) is 4.18. The number of hydrogen-bond acceptors (Lipinski definition) is 9. The third kappa shape index (κ3) is 4.42. The lowest BCUT2D eigenvalue weighted by molar-refractivity contribution is 0.107. The molecule has 0 unspecified atom stereocenters. The highest BCUT2D eigenvalue weighted by molar-refractivity contribution is 6.03. The highest BCUT2D eigenvalue weighted by Gasteiger charge is 2.49. The Kier molecular flexibility index (Phi) is 6.29. The van der Waals surface area contributed by atoms with E-state index in [1.807, 2.05) is 0 Å². The molecule has 7 rings (SSSR count). The molecule has 0 amide bonds. The van der Waals surface area contributed by atoms with E-state index in [1.165, 1.54) is 25.3 Å². The average molecular weight is 574 g/mol. The standard InChI is InChI=1S/C31H29F2N5O4/c1-3-19-21(33)6-5-16-9-18(39)10-20(26(16)19)22-11-24-27(29(35-22)41-2)28(34-23-12-25(23)40)37-30(36-24)42-15-31-7-4-8-38(31)14-17(32)13-31/h1,5-6,9-11,17,23,25,39-40H,4,7-8,12-15H2,2H3,(H,34,36,37)/t17-,23-,25+,31+/m1/s1. The van der Waals surface area contributed by atoms with Crippen molar-refractivity contribution >= 4 is 27.5 Å². The van der Waals surface area contributed by atoms with Crippen molar-refractivity contribution in [2.24, 2.45) is 0 Å². The fourth-order valence-electron chi connectivity index (χ4n) is 6.48. The van der Waals surface area contributed by atoms with Crippen LogP contribution >= 0.6 is 0 Å². The normalized spacial score (nSPS) is 25.0. The lowest BCUT2D eigenvalue weighted by Crippen LogP contribution is -2.43. The van der Waals surface area contributed by atoms with Crippen LogP contribution in [0.25, 0.3) is 32.9 Å². The first-order valence-corrected chi connectivity index (χ1v) is 13.9. The van der Waals surface area contributed by atoms with Crippen LogP contribution in [0.15, 0.2) is 30.3 Å². The van der Waals surface area contributed by atoms with E-state index in [1.54, 1.807) is 12.1 Å². The number of hydrogen-bond donors (Lipinski definition) is 3. The number of terminal acetylenes is 1. The number of aliphatic hydroxyl groups excluding tert-OH is 1. The molecule has 3 N–H and O–H groups in total. The number of rotatable bonds is 7. The van der Waals surface area contributed by atoms with Crippen molar-refractivity contribution < 1.29 is 28.5 Å². The molecule has 2 aliphatic heterocycles. The molecule has 2 aromatic heterocycles. The number of phenolic OH excluding ortho intramolecular Hbond substituents is 1. The molecule has 3 aliphatic rings. The molecule has 3 fully saturated rings. The number of nitrogens with one attached hydrogen (secondary N) is 1. The van der Waals surface area contributed by atoms with Crippen LogP contribution in [-0.4, -0.2) is 80.7 Å². The van der Waals surface area contributed by atoms with Crippen molar-refractivity contribution in [1.29, 1.82) is 0 Å². The second kappa shape index (κ2) is 9.93. The zero-order chi connectivity index (χ0) is 29.2. The number of methoxy groups -OCH3 is 1. The minimum atomic E-state index is -0.896. The molecule has 0 bridgehead atoms. The zero-order valence-electron chi connectivity index (χ0n) is 22.9. The van der Waals surface area contributed by atoms with Crippen molar-refractivity contribution in [3.8, 4) is 41.2 Å². The Balaban J connectivity index is 1.37. The largest absolute Gasteiger partial charge is 0.508 e. The van der Waals surface area contributed by atoms with Crippen LogP contribution < -0.4 is 14.8 Å². The first-order valence-electron chi connectivity index (χ1n) is 13.9. The summed E-state index contributed by atoms with van der Waals surface area (Å²) in [4.78, 5) is 16.1. The van der Waals surface area contributed by atoms with Gasteiger partial charge in [0.15, 0.2) is 0 Å². The van der Waals surface area contributed by atoms with Gasteiger partial charge in [0.2, 0.25) is 5.88 Å². The molecule has 0 spiro atoms. The fourth-order valence-corrected chi connectivity index (χ4v) is 6.48. The summed E-state index contributed by atoms with van der Waals surface area (Å²) in [5.41, 5.74) is 0.788. The van der Waals surface area contributed by atoms with Gasteiger partial charge in [0.25, 0.3) is 0 Å². The molecule has 4 heterocycles. The van der Waals surface area contributed by atoms with Crippen LogP contribution in [0.4, 0.5) is 14.6 Å². The number of fused-ring (bicyclic) bond motifs is 3. The lowest BCUT2D eigenvalue weighted by atomic mass is 9.95. The van der Waals surface area contributed by atoms with E-state index < -0.39 is 23.6 Å². The average Bonchev–Trinajstić information content (AvgIpc) is 3.37. The summed E-state index contributed by atoms with van der Waals surface area (Å²) in [6, 6.07) is 7.33. The fraction of sp³-hybridized carbons (Fsp3) is 0.387. The van der Waals surface area contributed by atoms with Crippen molar-refractivity contribution in [3.63, 3.8) is 0 Å². The Hall–Kier alpha value is -4.27. The van der Waals surface area contributed by atoms with Gasteiger partial charge in [-0.1, -0.05) is 12.0 Å². The van der Waals surface area contributed by atoms with E-state index in [0.717, 1.165) is 19.4 Å². The maximum absolute atomic E-state index is 14.8. The molecule has 9 nitrogen and oxygen atoms in total. The third-order valence-corrected chi connectivity index (χ3v) is 8.60. The number of aromatic hydroxyl groups is 1. The van der Waals surface area contributed by atoms with Crippen LogP contribution in [0.2, 0.25) is 0 Å². The molecule has 1 aliphatic carbocycles. The Morgan fingerprint density at radius 2 is 2.05 bits per heavy atom. The molecule has 0 radical (unpaired) electrons. The highest BCUT2D eigenvalue weighted by Crippen LogP contribution is 2.42. The van der Waals surface area contributed by atoms with E-state index in [2.05, 4.69) is 31.1 Å². The Labute approximate surface area is 240 Å². The van der Waals surface area contributed by atoms with E-state index >= 15 is 0 Å². The van der Waals surface area contributed by atoms with Crippen LogP contribution in [-0.2, 0) is 0 Å². The van der Waals surface area contributed by atoms with Gasteiger partial charge in [0.05, 0.1) is 41.6 Å². The summed E-state index contributed by atoms with van der Waals surface area (Å²) < 4.78 is 41.0. The van der Waals surface area contributed by atoms with Gasteiger partial charge in [-0.05, 0) is 55.5 Å². The van der Waals surface area contributed by atoms with E-state index in [4.69, 9.17) is 15.9 Å². The number of ether oxygens (including phenoxy) is 2. The van der Waals surface area contributed by atoms with Crippen molar-refractivity contribution in [3.05, 3.63) is 41.7 Å². The van der Waals surface area contributed by atoms with E-state index in [9.17, 15) is 19.0 Å². The van der Waals surface area contributed by atoms with Gasteiger partial charge in [0.1, 0.15) is 35.5 Å². The van der Waals surface area contributed by atoms with E-state index in [0.29, 0.717) is 58.1 Å². The first kappa shape index (κ1) is 26.6. The molecule has 4 aromatic rings. The SMILES string of the molecule is C#Cc1c(F)ccc2cc(O)cc(-c3cc4nc(OC[C@@]56CCCN5C[C@H](F)C6)nc(N[C@@H]5C[C@@H]5O)c4c(OC)n3)c12. The lowest BCUT2D eigenvalue weighted by Gasteiger charge is -2.30. The molecule has 2 aromatic carbocycles. The number of nitrogens with zero attached hydrogens (tertiary/aromatic N) is 4. The van der Waals surface area contributed by atoms with Gasteiger partial charge in [0, 0.05) is 23.9 Å². The van der Waals surface area contributed by atoms with Crippen molar-refractivity contribution in [2.45, 2.75) is 49.5 Å². The molecular weight excluding hydrogens is 544 g/mol. The number of benzene rings is 2. The number of aliphatic hydroxyl groups is 1. The zero-order valence-corrected chi connectivity index (χ0v) is 22.9. The monoisotopic (exact) mass is 573 g/mol. The molecule has 2 saturated heterocycles. The summed E-state index contributed by atoms with van der Waals surface area (Å²) in [6.07, 6.45) is 7.05. The topological polar surface area (TPSA) is 113 Å². The van der Waals surface area contributed by atoms with Crippen LogP contribution in [0.3, 0.4) is 0 Å². The van der Waals surface area contributed by atoms with Gasteiger partial charge in [-0.25, -0.2) is 13.8 Å². The van der Waals surface area contributed by atoms with Gasteiger partial charge in [-0.15, -0.1) is 6.42 Å². The number of pyridine rings is 1. The van der Waals surface area contributed by atoms with Gasteiger partial charge in [-0.3, -0.25) is 4.90 Å². The smallest absolute Gasteiger partial charge is 0.319 e. The van der Waals surface area contributed by atoms with Crippen LogP contribution in [0.5, 0.6) is 17.6 Å². The Morgan fingerprint density at radius 1 is 1.21 bits per heavy atom. The second-order valence-corrected chi connectivity index (χ2v) is 11.3. The van der Waals surface area contributed by atoms with Crippen LogP contribution in [0, 0.1) is 18.2 Å². The Morgan fingerprint density at radius 3 is 2.81 bits per heavy atom. The van der Waals surface area contributed by atoms with Crippen LogP contribution in [0.1, 0.15) is 31.2 Å². The molecule has 216 valence electrons. The van der Waals surface area contributed by atoms with Crippen molar-refractivity contribution in [1.82, 2.24) is 19.9 Å². The number of phenols is 1. The van der Waals surface area contributed by atoms with Gasteiger partial charge >= 0.3 is 6.01 Å². The molecular formula is C31H29F2N5O4. The number of halogens is 2. The van der Waals surface area contributed by atoms with Gasteiger partial charge in [-0.2, -0.15) is 9.97 Å². The Bertz CT molecular complexity index is 1780. The highest BCUT2D eigenvalue weighted by atomic mass is 19.1. The van der Waals surface area contributed by atoms with Gasteiger partial charge < -0.3 is 25.0 Å². The number of alkyl halides is 1.